The molecule has 0 aromatic carbocycles. The molecule has 1 saturated heterocycles. The summed E-state index contributed by atoms with van der Waals surface area (Å²) in [4.78, 5) is 39.6. The Morgan fingerprint density at radius 3 is 2.80 bits per heavy atom. The average Bonchev–Trinajstić information content (AvgIpc) is 2.57. The Bertz CT molecular complexity index is 922. The van der Waals surface area contributed by atoms with Gasteiger partial charge in [-0.05, 0) is 23.8 Å². The number of aryl methyl sites for hydroxylation is 1. The van der Waals surface area contributed by atoms with Gasteiger partial charge < -0.3 is 19.8 Å². The number of aromatic nitrogens is 2. The highest BCUT2D eigenvalue weighted by atomic mass is 16.2. The summed E-state index contributed by atoms with van der Waals surface area (Å²) in [7, 11) is 1.69. The van der Waals surface area contributed by atoms with Crippen LogP contribution in [0.25, 0.3) is 11.1 Å². The van der Waals surface area contributed by atoms with Crippen molar-refractivity contribution in [2.45, 2.75) is 0 Å². The Hall–Kier alpha value is -3.09. The molecule has 25 heavy (non-hydrogen) atoms. The number of hydrogen-bond acceptors (Lipinski definition) is 4. The number of amides is 1. The van der Waals surface area contributed by atoms with Gasteiger partial charge in [-0.3, -0.25) is 14.4 Å². The lowest BCUT2D eigenvalue weighted by molar-refractivity contribution is -0.131. The molecule has 0 saturated carbocycles. The first-order valence-corrected chi connectivity index (χ1v) is 8.03. The summed E-state index contributed by atoms with van der Waals surface area (Å²) in [6.07, 6.45) is 4.59. The van der Waals surface area contributed by atoms with Gasteiger partial charge in [-0.25, -0.2) is 0 Å². The molecule has 7 nitrogen and oxygen atoms in total. The Morgan fingerprint density at radius 2 is 2.12 bits per heavy atom. The number of nitrogens with one attached hydrogen (secondary N) is 2. The van der Waals surface area contributed by atoms with Crippen LogP contribution in [-0.4, -0.2) is 40.0 Å². The third kappa shape index (κ3) is 3.55. The number of nitrogens with zero attached hydrogens (tertiary/aromatic N) is 2. The Morgan fingerprint density at radius 1 is 1.36 bits per heavy atom. The lowest BCUT2D eigenvalue weighted by Gasteiger charge is -2.38. The van der Waals surface area contributed by atoms with Crippen molar-refractivity contribution < 1.29 is 4.79 Å². The summed E-state index contributed by atoms with van der Waals surface area (Å²) in [6.45, 7) is 5.38. The van der Waals surface area contributed by atoms with Crippen molar-refractivity contribution in [2.75, 3.05) is 25.0 Å². The van der Waals surface area contributed by atoms with E-state index in [2.05, 4.69) is 16.9 Å². The van der Waals surface area contributed by atoms with Gasteiger partial charge in [0.2, 0.25) is 5.91 Å². The van der Waals surface area contributed by atoms with E-state index in [-0.39, 0.29) is 17.0 Å². The summed E-state index contributed by atoms with van der Waals surface area (Å²) in [5.41, 5.74) is 1.63. The average molecular weight is 340 g/mol. The largest absolute Gasteiger partial charge is 0.380 e. The van der Waals surface area contributed by atoms with Crippen LogP contribution in [0.15, 0.2) is 52.8 Å². The molecule has 2 aromatic rings. The lowest BCUT2D eigenvalue weighted by atomic mass is 10.00. The van der Waals surface area contributed by atoms with Gasteiger partial charge >= 0.3 is 0 Å². The highest BCUT2D eigenvalue weighted by Crippen LogP contribution is 2.20. The summed E-state index contributed by atoms with van der Waals surface area (Å²) in [5.74, 6) is 0.234. The summed E-state index contributed by atoms with van der Waals surface area (Å²) < 4.78 is 1.49. The number of pyridine rings is 2. The fourth-order valence-corrected chi connectivity index (χ4v) is 2.77. The quantitative estimate of drug-likeness (QED) is 0.788. The van der Waals surface area contributed by atoms with Crippen LogP contribution in [0.3, 0.4) is 0 Å². The van der Waals surface area contributed by atoms with Crippen LogP contribution >= 0.6 is 0 Å². The van der Waals surface area contributed by atoms with Gasteiger partial charge in [0.15, 0.2) is 0 Å². The highest BCUT2D eigenvalue weighted by molar-refractivity contribution is 5.87. The van der Waals surface area contributed by atoms with E-state index in [4.69, 9.17) is 0 Å². The number of rotatable bonds is 5. The minimum atomic E-state index is -0.217. The highest BCUT2D eigenvalue weighted by Gasteiger charge is 2.28. The minimum Gasteiger partial charge on any atom is -0.380 e. The smallest absolute Gasteiger partial charge is 0.271 e. The Balaban J connectivity index is 1.69. The van der Waals surface area contributed by atoms with Crippen molar-refractivity contribution in [1.82, 2.24) is 14.5 Å². The Kier molecular flexibility index (Phi) is 4.56. The maximum Gasteiger partial charge on any atom is 0.271 e. The molecule has 130 valence electrons. The molecule has 0 radical (unpaired) electrons. The van der Waals surface area contributed by atoms with E-state index in [1.165, 1.54) is 16.7 Å². The second kappa shape index (κ2) is 6.80. The van der Waals surface area contributed by atoms with E-state index < -0.39 is 0 Å². The number of anilines is 1. The van der Waals surface area contributed by atoms with Crippen molar-refractivity contribution in [3.05, 3.63) is 64.0 Å². The first-order chi connectivity index (χ1) is 12.0. The summed E-state index contributed by atoms with van der Waals surface area (Å²) in [6, 6.07) is 5.09. The van der Waals surface area contributed by atoms with Crippen LogP contribution in [0.2, 0.25) is 0 Å². The molecule has 1 aliphatic rings. The number of likely N-dealkylation sites (tertiary alicyclic amines) is 1. The second-order valence-corrected chi connectivity index (χ2v) is 6.19. The number of H-pyrrole nitrogens is 1. The molecule has 1 amide bonds. The monoisotopic (exact) mass is 340 g/mol. The predicted molar refractivity (Wildman–Crippen MR) is 96.5 cm³/mol. The van der Waals surface area contributed by atoms with Crippen LogP contribution in [-0.2, 0) is 11.8 Å². The zero-order valence-electron chi connectivity index (χ0n) is 14.0. The molecule has 3 heterocycles. The van der Waals surface area contributed by atoms with Crippen molar-refractivity contribution in [1.29, 1.82) is 0 Å². The normalized spacial score (nSPS) is 14.0. The first-order valence-electron chi connectivity index (χ1n) is 8.03. The van der Waals surface area contributed by atoms with Crippen molar-refractivity contribution in [3.8, 4) is 11.1 Å². The minimum absolute atomic E-state index is 0.0678. The molecule has 7 heteroatoms. The molecule has 1 fully saturated rings. The molecule has 0 spiro atoms. The van der Waals surface area contributed by atoms with Crippen LogP contribution in [0.1, 0.15) is 0 Å². The number of aromatic amines is 1. The topological polar surface area (TPSA) is 87.2 Å². The standard InChI is InChI=1S/C18H20N4O3/c1-3-16(23)22-10-12(11-22)8-19-15-6-14(9-20-18(15)25)13-4-5-21(2)17(24)7-13/h3-7,9,12,19H,1,8,10-11H2,2H3,(H,20,25). The van der Waals surface area contributed by atoms with Gasteiger partial charge in [-0.15, -0.1) is 0 Å². The fraction of sp³-hybridized carbons (Fsp3) is 0.278. The third-order valence-corrected chi connectivity index (χ3v) is 4.37. The maximum absolute atomic E-state index is 12.0. The Labute approximate surface area is 144 Å². The lowest BCUT2D eigenvalue weighted by Crippen LogP contribution is -2.51. The van der Waals surface area contributed by atoms with Gasteiger partial charge in [0, 0.05) is 56.6 Å². The number of carbonyl (C=O) groups excluding carboxylic acids is 1. The molecule has 0 bridgehead atoms. The number of hydrogen-bond donors (Lipinski definition) is 2. The SMILES string of the molecule is C=CC(=O)N1CC(CNc2cc(-c3ccn(C)c(=O)c3)c[nH]c2=O)C1. The van der Waals surface area contributed by atoms with E-state index in [0.29, 0.717) is 31.2 Å². The van der Waals surface area contributed by atoms with Crippen LogP contribution in [0, 0.1) is 5.92 Å². The van der Waals surface area contributed by atoms with Gasteiger partial charge in [-0.1, -0.05) is 6.58 Å². The van der Waals surface area contributed by atoms with Gasteiger partial charge in [0.05, 0.1) is 0 Å². The van der Waals surface area contributed by atoms with Crippen molar-refractivity contribution >= 4 is 11.6 Å². The van der Waals surface area contributed by atoms with Gasteiger partial charge in [0.1, 0.15) is 5.69 Å². The molecule has 1 aliphatic heterocycles. The van der Waals surface area contributed by atoms with E-state index in [0.717, 1.165) is 11.1 Å². The molecule has 2 aromatic heterocycles. The molecular weight excluding hydrogens is 320 g/mol. The van der Waals surface area contributed by atoms with Gasteiger partial charge in [0.25, 0.3) is 11.1 Å². The second-order valence-electron chi connectivity index (χ2n) is 6.19. The summed E-state index contributed by atoms with van der Waals surface area (Å²) in [5, 5.41) is 3.14. The van der Waals surface area contributed by atoms with E-state index >= 15 is 0 Å². The molecular formula is C18H20N4O3. The van der Waals surface area contributed by atoms with E-state index in [1.807, 2.05) is 6.07 Å². The number of carbonyl (C=O) groups is 1. The van der Waals surface area contributed by atoms with Crippen molar-refractivity contribution in [3.63, 3.8) is 0 Å². The molecule has 0 atom stereocenters. The van der Waals surface area contributed by atoms with Crippen LogP contribution in [0.5, 0.6) is 0 Å². The first kappa shape index (κ1) is 16.8. The molecule has 2 N–H and O–H groups in total. The maximum atomic E-state index is 12.0. The third-order valence-electron chi connectivity index (χ3n) is 4.37. The zero-order chi connectivity index (χ0) is 18.0. The summed E-state index contributed by atoms with van der Waals surface area (Å²) >= 11 is 0. The molecule has 3 rings (SSSR count). The van der Waals surface area contributed by atoms with E-state index in [9.17, 15) is 14.4 Å². The van der Waals surface area contributed by atoms with Crippen molar-refractivity contribution in [2.24, 2.45) is 13.0 Å². The van der Waals surface area contributed by atoms with Crippen LogP contribution < -0.4 is 16.4 Å². The predicted octanol–water partition coefficient (Wildman–Crippen LogP) is 0.797. The molecule has 0 unspecified atom stereocenters. The van der Waals surface area contributed by atoms with Crippen LogP contribution in [0.4, 0.5) is 5.69 Å². The zero-order valence-corrected chi connectivity index (χ0v) is 14.0. The van der Waals surface area contributed by atoms with E-state index in [1.54, 1.807) is 30.4 Å². The van der Waals surface area contributed by atoms with Gasteiger partial charge in [-0.2, -0.15) is 0 Å². The molecule has 0 aliphatic carbocycles. The fourth-order valence-electron chi connectivity index (χ4n) is 2.77.